The van der Waals surface area contributed by atoms with Gasteiger partial charge in [-0.1, -0.05) is 60.3 Å². The second-order valence-corrected chi connectivity index (χ2v) is 5.28. The molecule has 3 aromatic rings. The Morgan fingerprint density at radius 2 is 1.55 bits per heavy atom. The zero-order chi connectivity index (χ0) is 13.8. The fourth-order valence-electron chi connectivity index (χ4n) is 1.84. The van der Waals surface area contributed by atoms with Gasteiger partial charge in [0, 0.05) is 16.5 Å². The van der Waals surface area contributed by atoms with Crippen molar-refractivity contribution in [2.45, 2.75) is 10.1 Å². The van der Waals surface area contributed by atoms with Gasteiger partial charge < -0.3 is 4.98 Å². The monoisotopic (exact) mass is 280 g/mol. The van der Waals surface area contributed by atoms with Crippen molar-refractivity contribution in [1.29, 1.82) is 0 Å². The molecule has 0 amide bonds. The van der Waals surface area contributed by atoms with Crippen molar-refractivity contribution in [3.8, 4) is 11.3 Å². The molecule has 0 fully saturated rings. The summed E-state index contributed by atoms with van der Waals surface area (Å²) in [5, 5.41) is 0.600. The van der Waals surface area contributed by atoms with E-state index in [0.717, 1.165) is 10.5 Å². The van der Waals surface area contributed by atoms with E-state index in [9.17, 15) is 4.79 Å². The first-order valence-corrected chi connectivity index (χ1v) is 7.02. The van der Waals surface area contributed by atoms with Crippen molar-refractivity contribution in [3.63, 3.8) is 0 Å². The zero-order valence-corrected chi connectivity index (χ0v) is 11.4. The van der Waals surface area contributed by atoms with E-state index in [1.165, 1.54) is 17.8 Å². The van der Waals surface area contributed by atoms with Gasteiger partial charge in [0.15, 0.2) is 5.16 Å². The Morgan fingerprint density at radius 3 is 2.25 bits per heavy atom. The van der Waals surface area contributed by atoms with Crippen molar-refractivity contribution < 1.29 is 0 Å². The Labute approximate surface area is 120 Å². The molecule has 0 saturated heterocycles. The smallest absolute Gasteiger partial charge is 0.252 e. The molecule has 0 spiro atoms. The van der Waals surface area contributed by atoms with E-state index in [1.807, 2.05) is 60.7 Å². The van der Waals surface area contributed by atoms with Crippen LogP contribution in [0.5, 0.6) is 0 Å². The molecule has 4 heteroatoms. The minimum atomic E-state index is -0.141. The van der Waals surface area contributed by atoms with Crippen LogP contribution in [0.1, 0.15) is 0 Å². The first-order valence-electron chi connectivity index (χ1n) is 6.21. The molecule has 3 rings (SSSR count). The molecule has 0 aliphatic rings. The lowest BCUT2D eigenvalue weighted by molar-refractivity contribution is 0.942. The van der Waals surface area contributed by atoms with E-state index < -0.39 is 0 Å². The first-order chi connectivity index (χ1) is 9.81. The van der Waals surface area contributed by atoms with Gasteiger partial charge in [-0.3, -0.25) is 4.79 Å². The highest BCUT2D eigenvalue weighted by Gasteiger charge is 2.05. The number of hydrogen-bond donors (Lipinski definition) is 1. The molecule has 20 heavy (non-hydrogen) atoms. The molecular weight excluding hydrogens is 268 g/mol. The molecule has 1 aromatic heterocycles. The summed E-state index contributed by atoms with van der Waals surface area (Å²) in [7, 11) is 0. The van der Waals surface area contributed by atoms with Gasteiger partial charge in [-0.2, -0.15) is 0 Å². The number of H-pyrrole nitrogens is 1. The van der Waals surface area contributed by atoms with Crippen LogP contribution in [0.3, 0.4) is 0 Å². The summed E-state index contributed by atoms with van der Waals surface area (Å²) < 4.78 is 0. The molecule has 1 heterocycles. The third kappa shape index (κ3) is 2.97. The average molecular weight is 280 g/mol. The molecule has 2 aromatic carbocycles. The highest BCUT2D eigenvalue weighted by atomic mass is 32.2. The number of hydrogen-bond acceptors (Lipinski definition) is 3. The number of aromatic amines is 1. The molecule has 0 aliphatic heterocycles. The van der Waals surface area contributed by atoms with Crippen LogP contribution in [0.4, 0.5) is 0 Å². The average Bonchev–Trinajstić information content (AvgIpc) is 2.49. The number of benzene rings is 2. The van der Waals surface area contributed by atoms with Gasteiger partial charge in [-0.25, -0.2) is 4.98 Å². The Hall–Kier alpha value is -2.33. The summed E-state index contributed by atoms with van der Waals surface area (Å²) in [6, 6.07) is 21.1. The third-order valence-corrected chi connectivity index (χ3v) is 3.64. The molecule has 3 nitrogen and oxygen atoms in total. The lowest BCUT2D eigenvalue weighted by atomic mass is 10.1. The van der Waals surface area contributed by atoms with Crippen LogP contribution in [-0.2, 0) is 0 Å². The van der Waals surface area contributed by atoms with Gasteiger partial charge in [0.2, 0.25) is 0 Å². The Kier molecular flexibility index (Phi) is 3.65. The molecular formula is C16H12N2OS. The van der Waals surface area contributed by atoms with E-state index in [1.54, 1.807) is 0 Å². The minimum absolute atomic E-state index is 0.141. The summed E-state index contributed by atoms with van der Waals surface area (Å²) in [5.74, 6) is 0. The molecule has 0 unspecified atom stereocenters. The van der Waals surface area contributed by atoms with Gasteiger partial charge in [-0.15, -0.1) is 0 Å². The van der Waals surface area contributed by atoms with Crippen molar-refractivity contribution >= 4 is 11.8 Å². The highest BCUT2D eigenvalue weighted by Crippen LogP contribution is 2.25. The SMILES string of the molecule is O=c1cc(-c2ccccc2)nc(Sc2ccccc2)[nH]1. The topological polar surface area (TPSA) is 45.8 Å². The van der Waals surface area contributed by atoms with Crippen molar-refractivity contribution in [2.24, 2.45) is 0 Å². The minimum Gasteiger partial charge on any atom is -0.301 e. The van der Waals surface area contributed by atoms with Crippen LogP contribution < -0.4 is 5.56 Å². The molecule has 0 bridgehead atoms. The van der Waals surface area contributed by atoms with Crippen LogP contribution in [0.15, 0.2) is 81.6 Å². The maximum Gasteiger partial charge on any atom is 0.252 e. The fraction of sp³-hybridized carbons (Fsp3) is 0. The molecule has 0 radical (unpaired) electrons. The predicted octanol–water partition coefficient (Wildman–Crippen LogP) is 3.59. The molecule has 98 valence electrons. The summed E-state index contributed by atoms with van der Waals surface area (Å²) >= 11 is 1.44. The van der Waals surface area contributed by atoms with Crippen LogP contribution in [0, 0.1) is 0 Å². The summed E-state index contributed by atoms with van der Waals surface area (Å²) in [4.78, 5) is 20.1. The number of nitrogens with one attached hydrogen (secondary N) is 1. The zero-order valence-electron chi connectivity index (χ0n) is 10.6. The van der Waals surface area contributed by atoms with E-state index in [4.69, 9.17) is 0 Å². The summed E-state index contributed by atoms with van der Waals surface area (Å²) in [6.07, 6.45) is 0. The van der Waals surface area contributed by atoms with Gasteiger partial charge in [0.1, 0.15) is 0 Å². The van der Waals surface area contributed by atoms with E-state index in [0.29, 0.717) is 10.9 Å². The number of aromatic nitrogens is 2. The van der Waals surface area contributed by atoms with Gasteiger partial charge in [-0.05, 0) is 12.1 Å². The highest BCUT2D eigenvalue weighted by molar-refractivity contribution is 7.99. The van der Waals surface area contributed by atoms with Gasteiger partial charge in [0.05, 0.1) is 5.69 Å². The van der Waals surface area contributed by atoms with Crippen LogP contribution in [0.25, 0.3) is 11.3 Å². The first kappa shape index (κ1) is 12.7. The largest absolute Gasteiger partial charge is 0.301 e. The van der Waals surface area contributed by atoms with Crippen LogP contribution in [-0.4, -0.2) is 9.97 Å². The van der Waals surface area contributed by atoms with Crippen LogP contribution >= 0.6 is 11.8 Å². The van der Waals surface area contributed by atoms with E-state index >= 15 is 0 Å². The molecule has 0 aliphatic carbocycles. The summed E-state index contributed by atoms with van der Waals surface area (Å²) in [5.41, 5.74) is 1.48. The molecule has 0 atom stereocenters. The Balaban J connectivity index is 1.97. The predicted molar refractivity (Wildman–Crippen MR) is 80.9 cm³/mol. The van der Waals surface area contributed by atoms with E-state index in [2.05, 4.69) is 9.97 Å². The second kappa shape index (κ2) is 5.75. The lowest BCUT2D eigenvalue weighted by Crippen LogP contribution is -2.07. The van der Waals surface area contributed by atoms with Gasteiger partial charge in [0.25, 0.3) is 5.56 Å². The standard InChI is InChI=1S/C16H12N2OS/c19-15-11-14(12-7-3-1-4-8-12)17-16(18-15)20-13-9-5-2-6-10-13/h1-11H,(H,17,18,19). The fourth-order valence-corrected chi connectivity index (χ4v) is 2.65. The van der Waals surface area contributed by atoms with E-state index in [-0.39, 0.29) is 5.56 Å². The van der Waals surface area contributed by atoms with Crippen molar-refractivity contribution in [3.05, 3.63) is 77.1 Å². The van der Waals surface area contributed by atoms with Crippen molar-refractivity contribution in [1.82, 2.24) is 9.97 Å². The Morgan fingerprint density at radius 1 is 0.900 bits per heavy atom. The quantitative estimate of drug-likeness (QED) is 0.746. The molecule has 1 N–H and O–H groups in total. The Bertz CT molecular complexity index is 754. The maximum atomic E-state index is 11.8. The molecule has 0 saturated carbocycles. The number of rotatable bonds is 3. The lowest BCUT2D eigenvalue weighted by Gasteiger charge is -2.04. The summed E-state index contributed by atoms with van der Waals surface area (Å²) in [6.45, 7) is 0. The number of nitrogens with zero attached hydrogens (tertiary/aromatic N) is 1. The van der Waals surface area contributed by atoms with Crippen LogP contribution in [0.2, 0.25) is 0 Å². The third-order valence-electron chi connectivity index (χ3n) is 2.75. The second-order valence-electron chi connectivity index (χ2n) is 4.22. The van der Waals surface area contributed by atoms with Crippen molar-refractivity contribution in [2.75, 3.05) is 0 Å². The van der Waals surface area contributed by atoms with Gasteiger partial charge >= 0.3 is 0 Å². The maximum absolute atomic E-state index is 11.8. The normalized spacial score (nSPS) is 10.4.